The average Bonchev–Trinajstić information content (AvgIpc) is 2.83. The molecule has 8 heteroatoms. The highest BCUT2D eigenvalue weighted by molar-refractivity contribution is 7.99. The van der Waals surface area contributed by atoms with Gasteiger partial charge in [0.1, 0.15) is 0 Å². The first-order valence-electron chi connectivity index (χ1n) is 5.97. The quantitative estimate of drug-likeness (QED) is 0.445. The summed E-state index contributed by atoms with van der Waals surface area (Å²) in [6, 6.07) is 0. The van der Waals surface area contributed by atoms with Crippen molar-refractivity contribution < 1.29 is 9.84 Å². The van der Waals surface area contributed by atoms with Crippen molar-refractivity contribution in [2.75, 3.05) is 39.2 Å². The fraction of sp³-hybridized carbons (Fsp3) is 0.900. The number of hydrogen-bond donors (Lipinski definition) is 2. The third-order valence-electron chi connectivity index (χ3n) is 2.29. The summed E-state index contributed by atoms with van der Waals surface area (Å²) in [6.07, 6.45) is 0. The van der Waals surface area contributed by atoms with E-state index >= 15 is 0 Å². The minimum atomic E-state index is 0.188. The van der Waals surface area contributed by atoms with E-state index in [4.69, 9.17) is 9.84 Å². The molecule has 1 heterocycles. The van der Waals surface area contributed by atoms with Gasteiger partial charge in [-0.15, -0.1) is 5.10 Å². The SMILES string of the molecule is COCCNCCn1nnnc1SCC(C)CO. The van der Waals surface area contributed by atoms with Gasteiger partial charge in [0.25, 0.3) is 0 Å². The van der Waals surface area contributed by atoms with E-state index < -0.39 is 0 Å². The number of rotatable bonds is 10. The number of aliphatic hydroxyl groups excluding tert-OH is 1. The smallest absolute Gasteiger partial charge is 0.209 e. The predicted molar refractivity (Wildman–Crippen MR) is 69.5 cm³/mol. The van der Waals surface area contributed by atoms with Gasteiger partial charge in [0.15, 0.2) is 0 Å². The van der Waals surface area contributed by atoms with E-state index in [2.05, 4.69) is 20.8 Å². The van der Waals surface area contributed by atoms with Gasteiger partial charge in [0, 0.05) is 32.6 Å². The van der Waals surface area contributed by atoms with Crippen molar-refractivity contribution in [2.45, 2.75) is 18.6 Å². The van der Waals surface area contributed by atoms with E-state index in [9.17, 15) is 0 Å². The summed E-state index contributed by atoms with van der Waals surface area (Å²) in [6.45, 7) is 5.23. The Kier molecular flexibility index (Phi) is 7.90. The summed E-state index contributed by atoms with van der Waals surface area (Å²) >= 11 is 1.57. The molecule has 0 bridgehead atoms. The molecule has 1 aromatic rings. The van der Waals surface area contributed by atoms with Gasteiger partial charge >= 0.3 is 0 Å². The lowest BCUT2D eigenvalue weighted by Crippen LogP contribution is -2.24. The van der Waals surface area contributed by atoms with Gasteiger partial charge in [-0.2, -0.15) is 0 Å². The Hall–Kier alpha value is -0.700. The minimum Gasteiger partial charge on any atom is -0.396 e. The largest absolute Gasteiger partial charge is 0.396 e. The molecule has 0 radical (unpaired) electrons. The second kappa shape index (κ2) is 9.26. The normalized spacial score (nSPS) is 12.8. The van der Waals surface area contributed by atoms with E-state index in [-0.39, 0.29) is 12.5 Å². The van der Waals surface area contributed by atoms with E-state index in [0.717, 1.165) is 30.5 Å². The molecule has 18 heavy (non-hydrogen) atoms. The van der Waals surface area contributed by atoms with Crippen molar-refractivity contribution in [1.82, 2.24) is 25.5 Å². The average molecular weight is 275 g/mol. The summed E-state index contributed by atoms with van der Waals surface area (Å²) in [4.78, 5) is 0. The van der Waals surface area contributed by atoms with Crippen molar-refractivity contribution in [3.8, 4) is 0 Å². The highest BCUT2D eigenvalue weighted by Crippen LogP contribution is 2.16. The number of hydrogen-bond acceptors (Lipinski definition) is 7. The Morgan fingerprint density at radius 1 is 1.50 bits per heavy atom. The lowest BCUT2D eigenvalue weighted by molar-refractivity contribution is 0.199. The molecule has 0 aliphatic carbocycles. The van der Waals surface area contributed by atoms with Crippen molar-refractivity contribution in [3.63, 3.8) is 0 Å². The zero-order valence-electron chi connectivity index (χ0n) is 10.9. The molecule has 1 unspecified atom stereocenters. The second-order valence-electron chi connectivity index (χ2n) is 4.03. The van der Waals surface area contributed by atoms with Crippen molar-refractivity contribution in [2.24, 2.45) is 5.92 Å². The molecule has 0 aliphatic heterocycles. The van der Waals surface area contributed by atoms with Gasteiger partial charge in [0.05, 0.1) is 13.2 Å². The number of ether oxygens (including phenoxy) is 1. The Balaban J connectivity index is 2.26. The van der Waals surface area contributed by atoms with Crippen LogP contribution in [0, 0.1) is 5.92 Å². The summed E-state index contributed by atoms with van der Waals surface area (Å²) in [7, 11) is 1.68. The van der Waals surface area contributed by atoms with E-state index in [1.807, 2.05) is 6.92 Å². The zero-order chi connectivity index (χ0) is 13.2. The van der Waals surface area contributed by atoms with Crippen LogP contribution in [0.15, 0.2) is 5.16 Å². The van der Waals surface area contributed by atoms with Crippen molar-refractivity contribution in [1.29, 1.82) is 0 Å². The van der Waals surface area contributed by atoms with Crippen LogP contribution in [0.3, 0.4) is 0 Å². The lowest BCUT2D eigenvalue weighted by atomic mass is 10.2. The van der Waals surface area contributed by atoms with Gasteiger partial charge in [-0.25, -0.2) is 4.68 Å². The van der Waals surface area contributed by atoms with Crippen LogP contribution in [-0.4, -0.2) is 64.5 Å². The first-order valence-corrected chi connectivity index (χ1v) is 6.96. The van der Waals surface area contributed by atoms with Gasteiger partial charge in [0.2, 0.25) is 5.16 Å². The number of nitrogens with one attached hydrogen (secondary N) is 1. The summed E-state index contributed by atoms with van der Waals surface area (Å²) in [5.41, 5.74) is 0. The Morgan fingerprint density at radius 3 is 3.06 bits per heavy atom. The summed E-state index contributed by atoms with van der Waals surface area (Å²) in [5.74, 6) is 1.06. The number of nitrogens with zero attached hydrogens (tertiary/aromatic N) is 4. The van der Waals surface area contributed by atoms with Gasteiger partial charge in [-0.3, -0.25) is 0 Å². The van der Waals surface area contributed by atoms with Gasteiger partial charge in [-0.1, -0.05) is 18.7 Å². The topological polar surface area (TPSA) is 85.1 Å². The fourth-order valence-electron chi connectivity index (χ4n) is 1.19. The number of methoxy groups -OCH3 is 1. The van der Waals surface area contributed by atoms with Crippen molar-refractivity contribution in [3.05, 3.63) is 0 Å². The zero-order valence-corrected chi connectivity index (χ0v) is 11.7. The predicted octanol–water partition coefficient (Wildman–Crippen LogP) is -0.370. The molecule has 0 fully saturated rings. The monoisotopic (exact) mass is 275 g/mol. The van der Waals surface area contributed by atoms with E-state index in [1.54, 1.807) is 23.6 Å². The van der Waals surface area contributed by atoms with E-state index in [0.29, 0.717) is 6.61 Å². The van der Waals surface area contributed by atoms with Crippen LogP contribution in [0.25, 0.3) is 0 Å². The van der Waals surface area contributed by atoms with Crippen LogP contribution in [0.2, 0.25) is 0 Å². The summed E-state index contributed by atoms with van der Waals surface area (Å²) in [5, 5.41) is 24.6. The molecule has 7 nitrogen and oxygen atoms in total. The lowest BCUT2D eigenvalue weighted by Gasteiger charge is -2.08. The van der Waals surface area contributed by atoms with Crippen LogP contribution in [0.5, 0.6) is 0 Å². The minimum absolute atomic E-state index is 0.188. The van der Waals surface area contributed by atoms with Crippen LogP contribution < -0.4 is 5.32 Å². The highest BCUT2D eigenvalue weighted by Gasteiger charge is 2.08. The third kappa shape index (κ3) is 5.76. The first-order chi connectivity index (χ1) is 8.77. The Bertz CT molecular complexity index is 323. The molecule has 0 aromatic carbocycles. The van der Waals surface area contributed by atoms with Crippen LogP contribution >= 0.6 is 11.8 Å². The molecule has 2 N–H and O–H groups in total. The first kappa shape index (κ1) is 15.4. The van der Waals surface area contributed by atoms with Gasteiger partial charge in [-0.05, 0) is 16.3 Å². The molecular weight excluding hydrogens is 254 g/mol. The number of aliphatic hydroxyl groups is 1. The Morgan fingerprint density at radius 2 is 2.33 bits per heavy atom. The molecule has 0 aliphatic rings. The standard InChI is InChI=1S/C10H21N5O2S/c1-9(7-16)8-18-10-12-13-14-15(10)5-3-11-4-6-17-2/h9,11,16H,3-8H2,1-2H3. The van der Waals surface area contributed by atoms with Crippen LogP contribution in [0.1, 0.15) is 6.92 Å². The maximum atomic E-state index is 8.96. The Labute approximate surface area is 111 Å². The maximum absolute atomic E-state index is 8.96. The summed E-state index contributed by atoms with van der Waals surface area (Å²) < 4.78 is 6.72. The number of tetrazole rings is 1. The number of aromatic nitrogens is 4. The second-order valence-corrected chi connectivity index (χ2v) is 5.01. The molecule has 1 aromatic heterocycles. The molecule has 0 saturated carbocycles. The van der Waals surface area contributed by atoms with Crippen molar-refractivity contribution >= 4 is 11.8 Å². The number of thioether (sulfide) groups is 1. The molecular formula is C10H21N5O2S. The molecule has 0 spiro atoms. The molecule has 1 atom stereocenters. The van der Waals surface area contributed by atoms with Gasteiger partial charge < -0.3 is 15.2 Å². The highest BCUT2D eigenvalue weighted by atomic mass is 32.2. The molecule has 1 rings (SSSR count). The molecule has 0 amide bonds. The third-order valence-corrected chi connectivity index (χ3v) is 3.58. The molecule has 0 saturated heterocycles. The molecule has 104 valence electrons. The van der Waals surface area contributed by atoms with Crippen LogP contribution in [-0.2, 0) is 11.3 Å². The maximum Gasteiger partial charge on any atom is 0.209 e. The van der Waals surface area contributed by atoms with E-state index in [1.165, 1.54) is 0 Å². The fourth-order valence-corrected chi connectivity index (χ4v) is 2.10. The van der Waals surface area contributed by atoms with Crippen LogP contribution in [0.4, 0.5) is 0 Å².